The number of nitrogens with two attached hydrogens (primary N) is 1. The van der Waals surface area contributed by atoms with Gasteiger partial charge in [-0.15, -0.1) is 11.3 Å². The molecule has 0 spiro atoms. The van der Waals surface area contributed by atoms with Crippen molar-refractivity contribution in [2.75, 3.05) is 5.73 Å². The Morgan fingerprint density at radius 2 is 1.62 bits per heavy atom. The van der Waals surface area contributed by atoms with Gasteiger partial charge in [0.15, 0.2) is 0 Å². The van der Waals surface area contributed by atoms with Gasteiger partial charge in [0.1, 0.15) is 22.5 Å². The molecule has 0 atom stereocenters. The third-order valence-corrected chi connectivity index (χ3v) is 6.19. The standard InChI is InChI=1S/C24H19F2N3O2S/c1-13-10-16(12-28-23(13)27)22-19(11-20(30)31)32-24(29-22)21(14-2-6-17(25)7-3-14)15-4-8-18(26)9-5-15/h2-10,12,21H,11H2,1H3,(H2,27,28)(H,30,31). The van der Waals surface area contributed by atoms with Gasteiger partial charge in [-0.25, -0.2) is 18.7 Å². The van der Waals surface area contributed by atoms with Crippen LogP contribution in [-0.4, -0.2) is 21.0 Å². The molecule has 0 radical (unpaired) electrons. The van der Waals surface area contributed by atoms with E-state index in [-0.39, 0.29) is 18.1 Å². The summed E-state index contributed by atoms with van der Waals surface area (Å²) in [5.41, 5.74) is 9.27. The van der Waals surface area contributed by atoms with Crippen LogP contribution in [0.5, 0.6) is 0 Å². The van der Waals surface area contributed by atoms with Gasteiger partial charge in [-0.1, -0.05) is 24.3 Å². The summed E-state index contributed by atoms with van der Waals surface area (Å²) in [6, 6.07) is 13.8. The van der Waals surface area contributed by atoms with Crippen LogP contribution in [0.25, 0.3) is 11.3 Å². The molecule has 0 saturated heterocycles. The number of anilines is 1. The van der Waals surface area contributed by atoms with Gasteiger partial charge in [0.25, 0.3) is 0 Å². The maximum Gasteiger partial charge on any atom is 0.308 e. The molecular formula is C24H19F2N3O2S. The van der Waals surface area contributed by atoms with E-state index in [1.54, 1.807) is 30.5 Å². The van der Waals surface area contributed by atoms with Gasteiger partial charge in [-0.2, -0.15) is 0 Å². The summed E-state index contributed by atoms with van der Waals surface area (Å²) in [5.74, 6) is -1.77. The van der Waals surface area contributed by atoms with E-state index in [4.69, 9.17) is 10.7 Å². The Morgan fingerprint density at radius 3 is 2.12 bits per heavy atom. The number of hydrogen-bond donors (Lipinski definition) is 2. The van der Waals surface area contributed by atoms with Gasteiger partial charge >= 0.3 is 5.97 Å². The number of benzene rings is 2. The largest absolute Gasteiger partial charge is 0.481 e. The lowest BCUT2D eigenvalue weighted by Crippen LogP contribution is -2.03. The number of halogens is 2. The van der Waals surface area contributed by atoms with Crippen molar-refractivity contribution in [3.8, 4) is 11.3 Å². The van der Waals surface area contributed by atoms with E-state index in [9.17, 15) is 18.7 Å². The Labute approximate surface area is 187 Å². The predicted molar refractivity (Wildman–Crippen MR) is 120 cm³/mol. The Balaban J connectivity index is 1.89. The number of nitrogen functional groups attached to an aromatic ring is 1. The highest BCUT2D eigenvalue weighted by Gasteiger charge is 2.25. The molecular weight excluding hydrogens is 432 g/mol. The quantitative estimate of drug-likeness (QED) is 0.422. The van der Waals surface area contributed by atoms with Crippen LogP contribution in [-0.2, 0) is 11.2 Å². The van der Waals surface area contributed by atoms with Gasteiger partial charge in [-0.05, 0) is 53.9 Å². The second kappa shape index (κ2) is 8.84. The average molecular weight is 451 g/mol. The lowest BCUT2D eigenvalue weighted by atomic mass is 9.92. The molecule has 0 unspecified atom stereocenters. The lowest BCUT2D eigenvalue weighted by molar-refractivity contribution is -0.136. The molecule has 162 valence electrons. The van der Waals surface area contributed by atoms with Crippen LogP contribution in [0.15, 0.2) is 60.8 Å². The smallest absolute Gasteiger partial charge is 0.308 e. The number of hydrogen-bond acceptors (Lipinski definition) is 5. The Bertz CT molecular complexity index is 1230. The zero-order chi connectivity index (χ0) is 22.8. The number of pyridine rings is 1. The first-order valence-corrected chi connectivity index (χ1v) is 10.6. The molecule has 0 bridgehead atoms. The Kier molecular flexibility index (Phi) is 5.96. The fourth-order valence-electron chi connectivity index (χ4n) is 3.48. The highest BCUT2D eigenvalue weighted by atomic mass is 32.1. The van der Waals surface area contributed by atoms with Crippen molar-refractivity contribution in [3.05, 3.63) is 99.0 Å². The van der Waals surface area contributed by atoms with Crippen LogP contribution in [0.1, 0.15) is 32.5 Å². The highest BCUT2D eigenvalue weighted by molar-refractivity contribution is 7.12. The second-order valence-corrected chi connectivity index (χ2v) is 8.47. The monoisotopic (exact) mass is 451 g/mol. The molecule has 5 nitrogen and oxygen atoms in total. The highest BCUT2D eigenvalue weighted by Crippen LogP contribution is 2.39. The van der Waals surface area contributed by atoms with Crippen molar-refractivity contribution in [1.82, 2.24) is 9.97 Å². The van der Waals surface area contributed by atoms with Crippen LogP contribution < -0.4 is 5.73 Å². The van der Waals surface area contributed by atoms with Crippen molar-refractivity contribution in [1.29, 1.82) is 0 Å². The first kappa shape index (κ1) is 21.6. The van der Waals surface area contributed by atoms with Gasteiger partial charge in [0.2, 0.25) is 0 Å². The minimum absolute atomic E-state index is 0.212. The predicted octanol–water partition coefficient (Wildman–Crippen LogP) is 5.18. The number of aliphatic carboxylic acids is 1. The number of aromatic nitrogens is 2. The van der Waals surface area contributed by atoms with Gasteiger partial charge < -0.3 is 10.8 Å². The number of aryl methyl sites for hydroxylation is 1. The first-order chi connectivity index (χ1) is 15.3. The SMILES string of the molecule is Cc1cc(-c2nc(C(c3ccc(F)cc3)c3ccc(F)cc3)sc2CC(=O)O)cnc1N. The van der Waals surface area contributed by atoms with Crippen molar-refractivity contribution in [2.45, 2.75) is 19.3 Å². The Hall–Kier alpha value is -3.65. The minimum atomic E-state index is -0.985. The third kappa shape index (κ3) is 4.50. The van der Waals surface area contributed by atoms with E-state index in [1.807, 2.05) is 13.0 Å². The molecule has 0 aliphatic rings. The zero-order valence-corrected chi connectivity index (χ0v) is 17.9. The molecule has 32 heavy (non-hydrogen) atoms. The zero-order valence-electron chi connectivity index (χ0n) is 17.0. The van der Waals surface area contributed by atoms with Crippen molar-refractivity contribution in [2.24, 2.45) is 0 Å². The summed E-state index contributed by atoms with van der Waals surface area (Å²) in [6.45, 7) is 1.82. The molecule has 2 heterocycles. The van der Waals surface area contributed by atoms with Crippen LogP contribution in [0, 0.1) is 18.6 Å². The number of nitrogens with zero attached hydrogens (tertiary/aromatic N) is 2. The van der Waals surface area contributed by atoms with Gasteiger partial charge in [-0.3, -0.25) is 4.79 Å². The van der Waals surface area contributed by atoms with Crippen molar-refractivity contribution >= 4 is 23.1 Å². The summed E-state index contributed by atoms with van der Waals surface area (Å²) in [6.07, 6.45) is 1.35. The van der Waals surface area contributed by atoms with Crippen LogP contribution in [0.3, 0.4) is 0 Å². The van der Waals surface area contributed by atoms with Gasteiger partial charge in [0, 0.05) is 16.6 Å². The van der Waals surface area contributed by atoms with Crippen LogP contribution in [0.4, 0.5) is 14.6 Å². The van der Waals surface area contributed by atoms with Crippen molar-refractivity contribution in [3.63, 3.8) is 0 Å². The summed E-state index contributed by atoms with van der Waals surface area (Å²) < 4.78 is 27.1. The molecule has 3 N–H and O–H groups in total. The normalized spacial score (nSPS) is 11.1. The molecule has 0 saturated carbocycles. The van der Waals surface area contributed by atoms with Crippen LogP contribution >= 0.6 is 11.3 Å². The van der Waals surface area contributed by atoms with E-state index in [1.165, 1.54) is 35.6 Å². The average Bonchev–Trinajstić information content (AvgIpc) is 3.15. The van der Waals surface area contributed by atoms with E-state index in [0.29, 0.717) is 27.0 Å². The molecule has 2 aromatic heterocycles. The Morgan fingerprint density at radius 1 is 1.06 bits per heavy atom. The number of thiazole rings is 1. The topological polar surface area (TPSA) is 89.1 Å². The number of carboxylic acid groups (broad SMARTS) is 1. The molecule has 8 heteroatoms. The molecule has 0 aliphatic heterocycles. The third-order valence-electron chi connectivity index (χ3n) is 5.07. The molecule has 2 aromatic carbocycles. The summed E-state index contributed by atoms with van der Waals surface area (Å²) in [4.78, 5) is 21.1. The van der Waals surface area contributed by atoms with E-state index in [2.05, 4.69) is 4.98 Å². The molecule has 4 rings (SSSR count). The summed E-state index contributed by atoms with van der Waals surface area (Å²) in [5, 5.41) is 10.1. The minimum Gasteiger partial charge on any atom is -0.481 e. The molecule has 0 fully saturated rings. The van der Waals surface area contributed by atoms with E-state index in [0.717, 1.165) is 16.7 Å². The van der Waals surface area contributed by atoms with E-state index < -0.39 is 11.9 Å². The molecule has 0 aliphatic carbocycles. The van der Waals surface area contributed by atoms with Gasteiger partial charge in [0.05, 0.1) is 18.0 Å². The molecule has 0 amide bonds. The number of rotatable bonds is 6. The van der Waals surface area contributed by atoms with Crippen molar-refractivity contribution < 1.29 is 18.7 Å². The fraction of sp³-hybridized carbons (Fsp3) is 0.125. The maximum atomic E-state index is 13.6. The molecule has 4 aromatic rings. The van der Waals surface area contributed by atoms with E-state index >= 15 is 0 Å². The van der Waals surface area contributed by atoms with Crippen LogP contribution in [0.2, 0.25) is 0 Å². The first-order valence-electron chi connectivity index (χ1n) is 9.76. The number of carbonyl (C=O) groups is 1. The summed E-state index contributed by atoms with van der Waals surface area (Å²) >= 11 is 1.26. The second-order valence-electron chi connectivity index (χ2n) is 7.36. The lowest BCUT2D eigenvalue weighted by Gasteiger charge is -2.16. The maximum absolute atomic E-state index is 13.6. The fourth-order valence-corrected chi connectivity index (χ4v) is 4.71. The number of carboxylic acids is 1. The summed E-state index contributed by atoms with van der Waals surface area (Å²) in [7, 11) is 0.